The SMILES string of the molecule is C=CCNc1ccc(NS(=O)(=O)c2ccc3c(c2)OCO3)nc1. The summed E-state index contributed by atoms with van der Waals surface area (Å²) < 4.78 is 37.5. The Bertz CT molecular complexity index is 819. The molecule has 1 aromatic heterocycles. The molecule has 0 spiro atoms. The molecule has 0 atom stereocenters. The van der Waals surface area contributed by atoms with Crippen molar-refractivity contribution in [1.82, 2.24) is 4.98 Å². The summed E-state index contributed by atoms with van der Waals surface area (Å²) in [4.78, 5) is 4.15. The van der Waals surface area contributed by atoms with Gasteiger partial charge in [0.05, 0.1) is 16.8 Å². The summed E-state index contributed by atoms with van der Waals surface area (Å²) in [5.74, 6) is 1.16. The van der Waals surface area contributed by atoms with Crippen LogP contribution in [0.5, 0.6) is 11.5 Å². The minimum atomic E-state index is -3.75. The van der Waals surface area contributed by atoms with E-state index in [-0.39, 0.29) is 17.5 Å². The lowest BCUT2D eigenvalue weighted by atomic mass is 10.3. The maximum Gasteiger partial charge on any atom is 0.263 e. The monoisotopic (exact) mass is 333 g/mol. The zero-order valence-corrected chi connectivity index (χ0v) is 13.0. The van der Waals surface area contributed by atoms with Crippen LogP contribution < -0.4 is 19.5 Å². The zero-order chi connectivity index (χ0) is 16.3. The first-order chi connectivity index (χ1) is 11.1. The largest absolute Gasteiger partial charge is 0.454 e. The van der Waals surface area contributed by atoms with Gasteiger partial charge in [-0.15, -0.1) is 6.58 Å². The molecular weight excluding hydrogens is 318 g/mol. The molecule has 3 rings (SSSR count). The third-order valence-electron chi connectivity index (χ3n) is 3.11. The number of nitrogens with one attached hydrogen (secondary N) is 2. The van der Waals surface area contributed by atoms with Crippen LogP contribution in [0.1, 0.15) is 0 Å². The first-order valence-corrected chi connectivity index (χ1v) is 8.30. The van der Waals surface area contributed by atoms with Crippen molar-refractivity contribution in [2.24, 2.45) is 0 Å². The van der Waals surface area contributed by atoms with Gasteiger partial charge in [-0.2, -0.15) is 0 Å². The first kappa shape index (κ1) is 15.2. The van der Waals surface area contributed by atoms with Crippen LogP contribution in [0, 0.1) is 0 Å². The predicted octanol–water partition coefficient (Wildman–Crippen LogP) is 2.21. The van der Waals surface area contributed by atoms with Crippen LogP contribution in [0.4, 0.5) is 11.5 Å². The summed E-state index contributed by atoms with van der Waals surface area (Å²) in [7, 11) is -3.75. The number of aromatic nitrogens is 1. The zero-order valence-electron chi connectivity index (χ0n) is 12.2. The molecule has 0 saturated carbocycles. The van der Waals surface area contributed by atoms with E-state index in [9.17, 15) is 8.42 Å². The Morgan fingerprint density at radius 2 is 2.04 bits per heavy atom. The van der Waals surface area contributed by atoms with Crippen LogP contribution in [0.15, 0.2) is 54.1 Å². The van der Waals surface area contributed by atoms with Crippen molar-refractivity contribution in [1.29, 1.82) is 0 Å². The molecule has 0 bridgehead atoms. The summed E-state index contributed by atoms with van der Waals surface area (Å²) in [5, 5.41) is 3.06. The van der Waals surface area contributed by atoms with Crippen molar-refractivity contribution in [2.45, 2.75) is 4.90 Å². The second-order valence-electron chi connectivity index (χ2n) is 4.72. The van der Waals surface area contributed by atoms with E-state index in [0.717, 1.165) is 5.69 Å². The third kappa shape index (κ3) is 3.37. The van der Waals surface area contributed by atoms with Crippen LogP contribution in [0.25, 0.3) is 0 Å². The predicted molar refractivity (Wildman–Crippen MR) is 86.3 cm³/mol. The minimum absolute atomic E-state index is 0.0809. The topological polar surface area (TPSA) is 89.5 Å². The average molecular weight is 333 g/mol. The van der Waals surface area contributed by atoms with Gasteiger partial charge in [0.15, 0.2) is 11.5 Å². The maximum absolute atomic E-state index is 12.4. The summed E-state index contributed by atoms with van der Waals surface area (Å²) in [5.41, 5.74) is 0.774. The number of ether oxygens (including phenoxy) is 2. The molecule has 2 aromatic rings. The summed E-state index contributed by atoms with van der Waals surface area (Å²) in [6.45, 7) is 4.30. The molecule has 0 fully saturated rings. The van der Waals surface area contributed by atoms with Crippen LogP contribution in [0.2, 0.25) is 0 Å². The van der Waals surface area contributed by atoms with Crippen molar-refractivity contribution in [3.63, 3.8) is 0 Å². The molecule has 1 aromatic carbocycles. The molecule has 120 valence electrons. The standard InChI is InChI=1S/C15H15N3O4S/c1-2-7-16-11-3-6-15(17-9-11)18-23(19,20)12-4-5-13-14(8-12)22-10-21-13/h2-6,8-9,16H,1,7,10H2,(H,17,18). The van der Waals surface area contributed by atoms with Gasteiger partial charge in [0.2, 0.25) is 6.79 Å². The van der Waals surface area contributed by atoms with Crippen molar-refractivity contribution < 1.29 is 17.9 Å². The fourth-order valence-corrected chi connectivity index (χ4v) is 3.01. The van der Waals surface area contributed by atoms with Crippen LogP contribution in [-0.4, -0.2) is 26.7 Å². The van der Waals surface area contributed by atoms with Crippen LogP contribution in [0.3, 0.4) is 0 Å². The molecule has 7 nitrogen and oxygen atoms in total. The van der Waals surface area contributed by atoms with Gasteiger partial charge < -0.3 is 14.8 Å². The number of fused-ring (bicyclic) bond motifs is 1. The molecule has 2 N–H and O–H groups in total. The highest BCUT2D eigenvalue weighted by atomic mass is 32.2. The summed E-state index contributed by atoms with van der Waals surface area (Å²) >= 11 is 0. The Hall–Kier alpha value is -2.74. The third-order valence-corrected chi connectivity index (χ3v) is 4.46. The van der Waals surface area contributed by atoms with Crippen molar-refractivity contribution >= 4 is 21.5 Å². The van der Waals surface area contributed by atoms with E-state index in [0.29, 0.717) is 18.0 Å². The molecule has 2 heterocycles. The van der Waals surface area contributed by atoms with Gasteiger partial charge >= 0.3 is 0 Å². The van der Waals surface area contributed by atoms with Gasteiger partial charge in [0.1, 0.15) is 5.82 Å². The van der Waals surface area contributed by atoms with Crippen LogP contribution in [-0.2, 0) is 10.0 Å². The van der Waals surface area contributed by atoms with E-state index >= 15 is 0 Å². The molecule has 1 aliphatic heterocycles. The number of nitrogens with zero attached hydrogens (tertiary/aromatic N) is 1. The van der Waals surface area contributed by atoms with E-state index in [4.69, 9.17) is 9.47 Å². The number of rotatable bonds is 6. The van der Waals surface area contributed by atoms with Crippen LogP contribution >= 0.6 is 0 Å². The number of hydrogen-bond donors (Lipinski definition) is 2. The second kappa shape index (κ2) is 6.17. The maximum atomic E-state index is 12.4. The molecular formula is C15H15N3O4S. The van der Waals surface area contributed by atoms with E-state index in [2.05, 4.69) is 21.6 Å². The number of pyridine rings is 1. The minimum Gasteiger partial charge on any atom is -0.454 e. The van der Waals surface area contributed by atoms with Gasteiger partial charge in [0.25, 0.3) is 10.0 Å². The molecule has 23 heavy (non-hydrogen) atoms. The van der Waals surface area contributed by atoms with Gasteiger partial charge in [-0.3, -0.25) is 4.72 Å². The lowest BCUT2D eigenvalue weighted by Crippen LogP contribution is -2.14. The Labute approximate surface area is 134 Å². The lowest BCUT2D eigenvalue weighted by molar-refractivity contribution is 0.174. The summed E-state index contributed by atoms with van der Waals surface area (Å²) in [6.07, 6.45) is 3.26. The van der Waals surface area contributed by atoms with E-state index in [1.807, 2.05) is 0 Å². The van der Waals surface area contributed by atoms with Gasteiger partial charge in [-0.1, -0.05) is 6.08 Å². The van der Waals surface area contributed by atoms with E-state index in [1.165, 1.54) is 12.1 Å². The molecule has 0 unspecified atom stereocenters. The Morgan fingerprint density at radius 1 is 1.22 bits per heavy atom. The molecule has 0 saturated heterocycles. The van der Waals surface area contributed by atoms with E-state index < -0.39 is 10.0 Å². The number of sulfonamides is 1. The Kier molecular flexibility index (Phi) is 4.07. The highest BCUT2D eigenvalue weighted by Gasteiger charge is 2.20. The summed E-state index contributed by atoms with van der Waals surface area (Å²) in [6, 6.07) is 7.75. The lowest BCUT2D eigenvalue weighted by Gasteiger charge is -2.09. The normalized spacial score (nSPS) is 12.7. The number of anilines is 2. The highest BCUT2D eigenvalue weighted by Crippen LogP contribution is 2.34. The molecule has 8 heteroatoms. The fraction of sp³-hybridized carbons (Fsp3) is 0.133. The van der Waals surface area contributed by atoms with Crippen molar-refractivity contribution in [3.8, 4) is 11.5 Å². The highest BCUT2D eigenvalue weighted by molar-refractivity contribution is 7.92. The quantitative estimate of drug-likeness (QED) is 0.788. The smallest absolute Gasteiger partial charge is 0.263 e. The molecule has 1 aliphatic rings. The fourth-order valence-electron chi connectivity index (χ4n) is 1.99. The Morgan fingerprint density at radius 3 is 2.78 bits per heavy atom. The van der Waals surface area contributed by atoms with E-state index in [1.54, 1.807) is 30.5 Å². The van der Waals surface area contributed by atoms with Crippen molar-refractivity contribution in [3.05, 3.63) is 49.2 Å². The van der Waals surface area contributed by atoms with Gasteiger partial charge in [-0.05, 0) is 24.3 Å². The average Bonchev–Trinajstić information content (AvgIpc) is 3.01. The van der Waals surface area contributed by atoms with Crippen molar-refractivity contribution in [2.75, 3.05) is 23.4 Å². The Balaban J connectivity index is 1.77. The number of benzene rings is 1. The second-order valence-corrected chi connectivity index (χ2v) is 6.40. The molecule has 0 aliphatic carbocycles. The molecule has 0 amide bonds. The molecule has 0 radical (unpaired) electrons. The first-order valence-electron chi connectivity index (χ1n) is 6.82. The van der Waals surface area contributed by atoms with Gasteiger partial charge in [0, 0.05) is 12.6 Å². The number of hydrogen-bond acceptors (Lipinski definition) is 6. The van der Waals surface area contributed by atoms with Gasteiger partial charge in [-0.25, -0.2) is 13.4 Å².